The molecule has 0 aromatic heterocycles. The molecule has 3 unspecified atom stereocenters. The molecule has 0 spiro atoms. The van der Waals surface area contributed by atoms with Gasteiger partial charge in [-0.3, -0.25) is 9.59 Å². The Morgan fingerprint density at radius 3 is 2.91 bits per heavy atom. The van der Waals surface area contributed by atoms with Crippen LogP contribution < -0.4 is 10.1 Å². The smallest absolute Gasteiger partial charge is 0.307 e. The summed E-state index contributed by atoms with van der Waals surface area (Å²) >= 11 is 0. The van der Waals surface area contributed by atoms with Crippen molar-refractivity contribution in [3.63, 3.8) is 0 Å². The predicted molar refractivity (Wildman–Crippen MR) is 78.8 cm³/mol. The van der Waals surface area contributed by atoms with Crippen molar-refractivity contribution in [1.29, 1.82) is 0 Å². The third kappa shape index (κ3) is 3.57. The van der Waals surface area contributed by atoms with Gasteiger partial charge in [0.1, 0.15) is 12.4 Å². The highest BCUT2D eigenvalue weighted by Gasteiger charge is 2.48. The van der Waals surface area contributed by atoms with Gasteiger partial charge in [0.05, 0.1) is 17.9 Å². The zero-order valence-corrected chi connectivity index (χ0v) is 12.2. The highest BCUT2D eigenvalue weighted by molar-refractivity contribution is 5.98. The summed E-state index contributed by atoms with van der Waals surface area (Å²) in [4.78, 5) is 22.7. The minimum absolute atomic E-state index is 0.140. The van der Waals surface area contributed by atoms with Gasteiger partial charge in [0.15, 0.2) is 0 Å². The van der Waals surface area contributed by atoms with Crippen molar-refractivity contribution in [2.24, 2.45) is 11.8 Å². The van der Waals surface area contributed by atoms with Gasteiger partial charge in [-0.1, -0.05) is 6.07 Å². The van der Waals surface area contributed by atoms with Crippen LogP contribution in [0.15, 0.2) is 24.3 Å². The van der Waals surface area contributed by atoms with Crippen molar-refractivity contribution in [2.75, 3.05) is 18.5 Å². The number of benzene rings is 1. The summed E-state index contributed by atoms with van der Waals surface area (Å²) in [5.74, 6) is -1.45. The number of anilines is 1. The number of carbonyl (C=O) groups excluding carboxylic acids is 1. The van der Waals surface area contributed by atoms with Crippen LogP contribution in [-0.4, -0.2) is 36.3 Å². The van der Waals surface area contributed by atoms with E-state index in [1.54, 1.807) is 18.2 Å². The maximum atomic E-state index is 11.9. The number of rotatable bonds is 6. The largest absolute Gasteiger partial charge is 0.491 e. The maximum Gasteiger partial charge on any atom is 0.307 e. The zero-order valence-electron chi connectivity index (χ0n) is 12.2. The van der Waals surface area contributed by atoms with Crippen molar-refractivity contribution in [3.8, 4) is 5.75 Å². The van der Waals surface area contributed by atoms with Crippen LogP contribution in [0.3, 0.4) is 0 Å². The summed E-state index contributed by atoms with van der Waals surface area (Å²) in [5, 5.41) is 11.6. The van der Waals surface area contributed by atoms with Crippen LogP contribution in [-0.2, 0) is 14.3 Å². The Bertz CT molecular complexity index is 567. The molecule has 1 saturated carbocycles. The second-order valence-electron chi connectivity index (χ2n) is 5.75. The fraction of sp³-hybridized carbons (Fsp3) is 0.500. The lowest BCUT2D eigenvalue weighted by molar-refractivity contribution is -0.139. The van der Waals surface area contributed by atoms with Crippen LogP contribution in [0.1, 0.15) is 19.3 Å². The molecule has 1 aromatic carbocycles. The van der Waals surface area contributed by atoms with Crippen LogP contribution in [0.4, 0.5) is 5.69 Å². The molecule has 1 heterocycles. The van der Waals surface area contributed by atoms with Crippen molar-refractivity contribution >= 4 is 17.6 Å². The Morgan fingerprint density at radius 1 is 1.36 bits per heavy atom. The molecule has 2 aliphatic rings. The Morgan fingerprint density at radius 2 is 2.23 bits per heavy atom. The molecule has 0 bridgehead atoms. The lowest BCUT2D eigenvalue weighted by atomic mass is 10.2. The first-order chi connectivity index (χ1) is 10.6. The molecule has 1 saturated heterocycles. The lowest BCUT2D eigenvalue weighted by Crippen LogP contribution is -2.17. The van der Waals surface area contributed by atoms with E-state index in [-0.39, 0.29) is 12.0 Å². The van der Waals surface area contributed by atoms with Crippen LogP contribution in [0.2, 0.25) is 0 Å². The van der Waals surface area contributed by atoms with Crippen LogP contribution in [0.25, 0.3) is 0 Å². The van der Waals surface area contributed by atoms with Crippen LogP contribution >= 0.6 is 0 Å². The number of hydrogen-bond donors (Lipinski definition) is 2. The quantitative estimate of drug-likeness (QED) is 0.838. The molecule has 2 fully saturated rings. The average molecular weight is 305 g/mol. The normalized spacial score (nSPS) is 26.5. The third-order valence-corrected chi connectivity index (χ3v) is 4.01. The summed E-state index contributed by atoms with van der Waals surface area (Å²) in [7, 11) is 0. The number of carboxylic acids is 1. The molecule has 1 amide bonds. The number of carbonyl (C=O) groups is 2. The molecule has 0 radical (unpaired) electrons. The second-order valence-corrected chi connectivity index (χ2v) is 5.75. The van der Waals surface area contributed by atoms with Gasteiger partial charge in [-0.05, 0) is 31.4 Å². The molecule has 3 atom stereocenters. The predicted octanol–water partition coefficient (Wildman–Crippen LogP) is 1.90. The average Bonchev–Trinajstić information content (AvgIpc) is 3.15. The van der Waals surface area contributed by atoms with E-state index in [0.717, 1.165) is 19.4 Å². The molecule has 118 valence electrons. The first kappa shape index (κ1) is 14.8. The maximum absolute atomic E-state index is 11.9. The van der Waals surface area contributed by atoms with E-state index < -0.39 is 17.8 Å². The minimum Gasteiger partial charge on any atom is -0.491 e. The summed E-state index contributed by atoms with van der Waals surface area (Å²) in [6.07, 6.45) is 2.63. The number of aliphatic carboxylic acids is 1. The second kappa shape index (κ2) is 6.36. The van der Waals surface area contributed by atoms with Crippen LogP contribution in [0.5, 0.6) is 5.75 Å². The highest BCUT2D eigenvalue weighted by Crippen LogP contribution is 2.39. The van der Waals surface area contributed by atoms with Crippen molar-refractivity contribution in [1.82, 2.24) is 0 Å². The van der Waals surface area contributed by atoms with Gasteiger partial charge >= 0.3 is 5.97 Å². The molecule has 6 heteroatoms. The summed E-state index contributed by atoms with van der Waals surface area (Å²) in [6, 6.07) is 7.11. The van der Waals surface area contributed by atoms with Gasteiger partial charge in [0.25, 0.3) is 0 Å². The van der Waals surface area contributed by atoms with E-state index in [1.807, 2.05) is 6.07 Å². The number of carboxylic acid groups (broad SMARTS) is 1. The molecule has 1 aliphatic heterocycles. The standard InChI is InChI=1S/C16H19NO5/c18-15(13-8-14(13)16(19)20)17-10-3-1-4-11(7-10)22-9-12-5-2-6-21-12/h1,3-4,7,12-14H,2,5-6,8-9H2,(H,17,18)(H,19,20). The van der Waals surface area contributed by atoms with Gasteiger partial charge in [-0.15, -0.1) is 0 Å². The first-order valence-electron chi connectivity index (χ1n) is 7.51. The minimum atomic E-state index is -0.909. The van der Waals surface area contributed by atoms with E-state index in [9.17, 15) is 9.59 Å². The number of hydrogen-bond acceptors (Lipinski definition) is 4. The van der Waals surface area contributed by atoms with Gasteiger partial charge in [-0.2, -0.15) is 0 Å². The molecular formula is C16H19NO5. The van der Waals surface area contributed by atoms with Crippen molar-refractivity contribution in [2.45, 2.75) is 25.4 Å². The molecular weight excluding hydrogens is 286 g/mol. The van der Waals surface area contributed by atoms with Gasteiger partial charge in [-0.25, -0.2) is 0 Å². The zero-order chi connectivity index (χ0) is 15.5. The monoisotopic (exact) mass is 305 g/mol. The number of nitrogens with one attached hydrogen (secondary N) is 1. The third-order valence-electron chi connectivity index (χ3n) is 4.01. The van der Waals surface area contributed by atoms with E-state index >= 15 is 0 Å². The topological polar surface area (TPSA) is 84.9 Å². The molecule has 22 heavy (non-hydrogen) atoms. The summed E-state index contributed by atoms with van der Waals surface area (Å²) in [6.45, 7) is 1.29. The van der Waals surface area contributed by atoms with E-state index in [2.05, 4.69) is 5.32 Å². The Balaban J connectivity index is 1.52. The molecule has 6 nitrogen and oxygen atoms in total. The highest BCUT2D eigenvalue weighted by atomic mass is 16.5. The Labute approximate surface area is 128 Å². The first-order valence-corrected chi connectivity index (χ1v) is 7.51. The SMILES string of the molecule is O=C(O)C1CC1C(=O)Nc1cccc(OCC2CCCO2)c1. The molecule has 1 aliphatic carbocycles. The van der Waals surface area contributed by atoms with Crippen molar-refractivity contribution in [3.05, 3.63) is 24.3 Å². The lowest BCUT2D eigenvalue weighted by Gasteiger charge is -2.12. The number of ether oxygens (including phenoxy) is 2. The fourth-order valence-electron chi connectivity index (χ4n) is 2.62. The Hall–Kier alpha value is -2.08. The van der Waals surface area contributed by atoms with Gasteiger partial charge in [0.2, 0.25) is 5.91 Å². The van der Waals surface area contributed by atoms with Gasteiger partial charge < -0.3 is 19.9 Å². The van der Waals surface area contributed by atoms with Crippen LogP contribution in [0, 0.1) is 11.8 Å². The van der Waals surface area contributed by atoms with E-state index in [4.69, 9.17) is 14.6 Å². The fourth-order valence-corrected chi connectivity index (χ4v) is 2.62. The summed E-state index contributed by atoms with van der Waals surface area (Å²) in [5.41, 5.74) is 0.617. The molecule has 2 N–H and O–H groups in total. The summed E-state index contributed by atoms with van der Waals surface area (Å²) < 4.78 is 11.2. The molecule has 1 aromatic rings. The molecule has 3 rings (SSSR count). The van der Waals surface area contributed by atoms with E-state index in [1.165, 1.54) is 0 Å². The van der Waals surface area contributed by atoms with Gasteiger partial charge in [0, 0.05) is 18.4 Å². The van der Waals surface area contributed by atoms with E-state index in [0.29, 0.717) is 24.5 Å². The Kier molecular flexibility index (Phi) is 4.29. The van der Waals surface area contributed by atoms with Crippen molar-refractivity contribution < 1.29 is 24.2 Å². The number of amides is 1.